The van der Waals surface area contributed by atoms with Crippen molar-refractivity contribution in [2.45, 2.75) is 46.6 Å². The van der Waals surface area contributed by atoms with Gasteiger partial charge in [0.05, 0.1) is 39.6 Å². The maximum Gasteiger partial charge on any atom is 0.417 e. The molecule has 3 heterocycles. The van der Waals surface area contributed by atoms with E-state index in [9.17, 15) is 18.0 Å². The van der Waals surface area contributed by atoms with Crippen molar-refractivity contribution < 1.29 is 18.0 Å². The Bertz CT molecular complexity index is 1070. The van der Waals surface area contributed by atoms with Gasteiger partial charge in [0.1, 0.15) is 6.54 Å². The third-order valence-corrected chi connectivity index (χ3v) is 5.27. The molecule has 29 heavy (non-hydrogen) atoms. The minimum absolute atomic E-state index is 0.0522. The molecule has 0 N–H and O–H groups in total. The van der Waals surface area contributed by atoms with Crippen LogP contribution in [0.5, 0.6) is 0 Å². The highest BCUT2D eigenvalue weighted by Gasteiger charge is 2.35. The summed E-state index contributed by atoms with van der Waals surface area (Å²) in [6.07, 6.45) is -2.87. The first-order valence-electron chi connectivity index (χ1n) is 8.89. The monoisotopic (exact) mass is 472 g/mol. The Morgan fingerprint density at radius 1 is 1.28 bits per heavy atom. The van der Waals surface area contributed by atoms with E-state index in [4.69, 9.17) is 0 Å². The smallest absolute Gasteiger partial charge is 0.338 e. The third kappa shape index (κ3) is 4.14. The van der Waals surface area contributed by atoms with Gasteiger partial charge in [-0.15, -0.1) is 0 Å². The Morgan fingerprint density at radius 2 is 1.97 bits per heavy atom. The fourth-order valence-electron chi connectivity index (χ4n) is 3.19. The van der Waals surface area contributed by atoms with E-state index in [0.29, 0.717) is 13.1 Å². The molecule has 0 unspecified atom stereocenters. The van der Waals surface area contributed by atoms with E-state index in [0.717, 1.165) is 16.2 Å². The van der Waals surface area contributed by atoms with Gasteiger partial charge in [-0.1, -0.05) is 0 Å². The van der Waals surface area contributed by atoms with Crippen LogP contribution >= 0.6 is 15.9 Å². The summed E-state index contributed by atoms with van der Waals surface area (Å²) in [4.78, 5) is 18.4. The molecule has 0 aliphatic heterocycles. The molecular weight excluding hydrogens is 453 g/mol. The van der Waals surface area contributed by atoms with Gasteiger partial charge in [-0.2, -0.15) is 23.4 Å². The predicted molar refractivity (Wildman–Crippen MR) is 104 cm³/mol. The molecule has 3 aromatic rings. The van der Waals surface area contributed by atoms with Gasteiger partial charge in [-0.05, 0) is 42.8 Å². The molecule has 1 amide bonds. The summed E-state index contributed by atoms with van der Waals surface area (Å²) in [5.41, 5.74) is 0.486. The van der Waals surface area contributed by atoms with E-state index in [1.165, 1.54) is 23.4 Å². The van der Waals surface area contributed by atoms with Crippen LogP contribution < -0.4 is 0 Å². The molecule has 0 bridgehead atoms. The summed E-state index contributed by atoms with van der Waals surface area (Å²) < 4.78 is 44.1. The van der Waals surface area contributed by atoms with Crippen molar-refractivity contribution in [3.63, 3.8) is 0 Å². The van der Waals surface area contributed by atoms with Gasteiger partial charge in [-0.3, -0.25) is 9.48 Å². The number of nitrogens with zero attached hydrogens (tertiary/aromatic N) is 6. The molecule has 156 valence electrons. The molecule has 0 aromatic carbocycles. The van der Waals surface area contributed by atoms with Crippen LogP contribution in [0.2, 0.25) is 0 Å². The molecule has 0 saturated heterocycles. The number of hydrogen-bond acceptors (Lipinski definition) is 4. The number of fused-ring (bicyclic) bond motifs is 1. The molecule has 0 aliphatic carbocycles. The number of alkyl halides is 3. The Balaban J connectivity index is 1.91. The summed E-state index contributed by atoms with van der Waals surface area (Å²) in [6, 6.07) is 0.999. The summed E-state index contributed by atoms with van der Waals surface area (Å²) in [7, 11) is 1.63. The number of carbonyl (C=O) groups excluding carboxylic acids is 1. The number of likely N-dealkylation sites (N-methyl/N-ethyl adjacent to an activating group) is 1. The first-order valence-corrected chi connectivity index (χ1v) is 9.68. The SMILES string of the molecule is CCn1ncc(Br)c1CN(C)C(=O)Cn1nc(C)c2c(C(F)(F)F)cc(C)nc21. The highest BCUT2D eigenvalue weighted by atomic mass is 79.9. The second-order valence-electron chi connectivity index (χ2n) is 6.76. The molecule has 3 rings (SSSR count). The molecule has 0 fully saturated rings. The van der Waals surface area contributed by atoms with Gasteiger partial charge in [-0.25, -0.2) is 9.67 Å². The van der Waals surface area contributed by atoms with Gasteiger partial charge >= 0.3 is 6.18 Å². The maximum atomic E-state index is 13.4. The number of carbonyl (C=O) groups is 1. The average molecular weight is 473 g/mol. The molecule has 0 saturated carbocycles. The van der Waals surface area contributed by atoms with Crippen LogP contribution in [0, 0.1) is 13.8 Å². The van der Waals surface area contributed by atoms with Crippen LogP contribution in [0.4, 0.5) is 13.2 Å². The van der Waals surface area contributed by atoms with E-state index < -0.39 is 11.7 Å². The molecule has 0 aliphatic rings. The first-order chi connectivity index (χ1) is 13.5. The Hall–Kier alpha value is -2.43. The van der Waals surface area contributed by atoms with Crippen molar-refractivity contribution in [2.75, 3.05) is 7.05 Å². The van der Waals surface area contributed by atoms with Crippen LogP contribution in [-0.2, 0) is 30.6 Å². The zero-order chi connectivity index (χ0) is 21.5. The van der Waals surface area contributed by atoms with Crippen LogP contribution in [0.25, 0.3) is 11.0 Å². The molecule has 11 heteroatoms. The van der Waals surface area contributed by atoms with Crippen LogP contribution in [0.3, 0.4) is 0 Å². The predicted octanol–water partition coefficient (Wildman–Crippen LogP) is 3.70. The second kappa shape index (κ2) is 7.77. The van der Waals surface area contributed by atoms with Gasteiger partial charge in [0.25, 0.3) is 0 Å². The average Bonchev–Trinajstić information content (AvgIpc) is 3.13. The number of halogens is 4. The van der Waals surface area contributed by atoms with Crippen molar-refractivity contribution in [3.05, 3.63) is 39.4 Å². The largest absolute Gasteiger partial charge is 0.417 e. The first kappa shape index (κ1) is 21.3. The lowest BCUT2D eigenvalue weighted by Crippen LogP contribution is -2.31. The highest BCUT2D eigenvalue weighted by Crippen LogP contribution is 2.36. The molecule has 0 radical (unpaired) electrons. The van der Waals surface area contributed by atoms with Crippen molar-refractivity contribution in [2.24, 2.45) is 0 Å². The standard InChI is InChI=1S/C18H20BrF3N6O/c1-5-27-14(13(19)7-23-27)8-26(4)15(29)9-28-17-16(11(3)25-28)12(18(20,21)22)6-10(2)24-17/h6-7H,5,8-9H2,1-4H3. The van der Waals surface area contributed by atoms with Gasteiger partial charge < -0.3 is 4.90 Å². The van der Waals surface area contributed by atoms with E-state index in [-0.39, 0.29) is 34.9 Å². The molecule has 3 aromatic heterocycles. The lowest BCUT2D eigenvalue weighted by molar-refractivity contribution is -0.136. The summed E-state index contributed by atoms with van der Waals surface area (Å²) in [5, 5.41) is 8.29. The summed E-state index contributed by atoms with van der Waals surface area (Å²) in [6.45, 7) is 5.64. The van der Waals surface area contributed by atoms with Gasteiger partial charge in [0.2, 0.25) is 5.91 Å². The number of aryl methyl sites for hydroxylation is 3. The summed E-state index contributed by atoms with van der Waals surface area (Å²) >= 11 is 3.42. The van der Waals surface area contributed by atoms with Crippen molar-refractivity contribution in [3.8, 4) is 0 Å². The number of aromatic nitrogens is 5. The Kier molecular flexibility index (Phi) is 5.70. The van der Waals surface area contributed by atoms with E-state index in [1.807, 2.05) is 6.92 Å². The Labute approximate surface area is 173 Å². The lowest BCUT2D eigenvalue weighted by atomic mass is 10.1. The number of amides is 1. The number of hydrogen-bond donors (Lipinski definition) is 0. The molecule has 0 spiro atoms. The molecule has 7 nitrogen and oxygen atoms in total. The number of rotatable bonds is 5. The highest BCUT2D eigenvalue weighted by molar-refractivity contribution is 9.10. The van der Waals surface area contributed by atoms with E-state index in [1.54, 1.807) is 17.9 Å². The third-order valence-electron chi connectivity index (χ3n) is 4.61. The van der Waals surface area contributed by atoms with Crippen LogP contribution in [0.1, 0.15) is 29.6 Å². The van der Waals surface area contributed by atoms with E-state index in [2.05, 4.69) is 31.1 Å². The molecular formula is C18H20BrF3N6O. The quantitative estimate of drug-likeness (QED) is 0.567. The second-order valence-corrected chi connectivity index (χ2v) is 7.61. The Morgan fingerprint density at radius 3 is 2.59 bits per heavy atom. The van der Waals surface area contributed by atoms with Crippen molar-refractivity contribution in [1.29, 1.82) is 0 Å². The molecule has 0 atom stereocenters. The zero-order valence-corrected chi connectivity index (χ0v) is 18.0. The fourth-order valence-corrected chi connectivity index (χ4v) is 3.61. The van der Waals surface area contributed by atoms with Crippen LogP contribution in [0.15, 0.2) is 16.7 Å². The van der Waals surface area contributed by atoms with Gasteiger partial charge in [0.15, 0.2) is 5.65 Å². The van der Waals surface area contributed by atoms with E-state index >= 15 is 0 Å². The number of pyridine rings is 1. The minimum Gasteiger partial charge on any atom is -0.338 e. The van der Waals surface area contributed by atoms with Crippen LogP contribution in [-0.4, -0.2) is 42.4 Å². The lowest BCUT2D eigenvalue weighted by Gasteiger charge is -2.18. The topological polar surface area (TPSA) is 68.8 Å². The van der Waals surface area contributed by atoms with Crippen molar-refractivity contribution >= 4 is 32.9 Å². The minimum atomic E-state index is -4.53. The summed E-state index contributed by atoms with van der Waals surface area (Å²) in [5.74, 6) is -0.304. The van der Waals surface area contributed by atoms with Crippen molar-refractivity contribution in [1.82, 2.24) is 29.4 Å². The maximum absolute atomic E-state index is 13.4. The zero-order valence-electron chi connectivity index (χ0n) is 16.4. The normalized spacial score (nSPS) is 12.0. The fraction of sp³-hybridized carbons (Fsp3) is 0.444. The van der Waals surface area contributed by atoms with Gasteiger partial charge in [0, 0.05) is 19.3 Å².